The number of nitrogens with one attached hydrogen (secondary N) is 1. The number of aromatic nitrogens is 3. The molecule has 0 aromatic carbocycles. The first-order chi connectivity index (χ1) is 10.7. The lowest BCUT2D eigenvalue weighted by atomic mass is 9.85. The number of rotatable bonds is 2. The summed E-state index contributed by atoms with van der Waals surface area (Å²) >= 11 is 6.20. The average molecular weight is 319 g/mol. The first kappa shape index (κ1) is 13.7. The van der Waals surface area contributed by atoms with Gasteiger partial charge in [-0.05, 0) is 18.6 Å². The Bertz CT molecular complexity index is 758. The first-order valence-electron chi connectivity index (χ1n) is 7.20. The zero-order chi connectivity index (χ0) is 15.2. The van der Waals surface area contributed by atoms with Crippen LogP contribution in [0.5, 0.6) is 0 Å². The second kappa shape index (κ2) is 5.07. The van der Waals surface area contributed by atoms with Crippen LogP contribution >= 0.6 is 11.6 Å². The zero-order valence-corrected chi connectivity index (χ0v) is 12.6. The van der Waals surface area contributed by atoms with E-state index < -0.39 is 0 Å². The topological polar surface area (TPSA) is 71.1 Å². The lowest BCUT2D eigenvalue weighted by molar-refractivity contribution is -0.0985. The number of hydrogen-bond donors (Lipinski definition) is 1. The molecule has 2 fully saturated rings. The Morgan fingerprint density at radius 2 is 2.09 bits per heavy atom. The standard InChI is InChI=1S/C15H15ClN4O2/c16-11-13(20-6-3-15(7-20)8-22-9-15)18-12(19-14(11)21)10-1-4-17-5-2-10/h1-2,4-5H,3,6-9H2,(H,18,19,21). The van der Waals surface area contributed by atoms with Gasteiger partial charge in [-0.3, -0.25) is 9.78 Å². The Hall–Kier alpha value is -1.92. The zero-order valence-electron chi connectivity index (χ0n) is 11.9. The predicted octanol–water partition coefficient (Wildman–Crippen LogP) is 1.71. The van der Waals surface area contributed by atoms with Crippen molar-refractivity contribution in [2.24, 2.45) is 5.41 Å². The van der Waals surface area contributed by atoms with E-state index in [2.05, 4.69) is 19.9 Å². The lowest BCUT2D eigenvalue weighted by Gasteiger charge is -2.37. The summed E-state index contributed by atoms with van der Waals surface area (Å²) in [6.45, 7) is 3.23. The van der Waals surface area contributed by atoms with Crippen LogP contribution in [0.3, 0.4) is 0 Å². The quantitative estimate of drug-likeness (QED) is 0.912. The number of nitrogens with zero attached hydrogens (tertiary/aromatic N) is 3. The van der Waals surface area contributed by atoms with Crippen LogP contribution in [0, 0.1) is 5.41 Å². The molecular formula is C15H15ClN4O2. The normalized spacial score (nSPS) is 19.4. The molecule has 2 aliphatic heterocycles. The van der Waals surface area contributed by atoms with Gasteiger partial charge in [0.15, 0.2) is 5.82 Å². The van der Waals surface area contributed by atoms with Gasteiger partial charge < -0.3 is 14.6 Å². The predicted molar refractivity (Wildman–Crippen MR) is 83.2 cm³/mol. The van der Waals surface area contributed by atoms with E-state index in [-0.39, 0.29) is 16.0 Å². The molecule has 4 heterocycles. The largest absolute Gasteiger partial charge is 0.380 e. The lowest BCUT2D eigenvalue weighted by Crippen LogP contribution is -2.44. The van der Waals surface area contributed by atoms with E-state index in [1.54, 1.807) is 24.5 Å². The Kier molecular flexibility index (Phi) is 3.16. The van der Waals surface area contributed by atoms with Crippen molar-refractivity contribution < 1.29 is 4.74 Å². The molecule has 2 saturated heterocycles. The highest BCUT2D eigenvalue weighted by molar-refractivity contribution is 6.32. The Labute approximate surface area is 132 Å². The number of anilines is 1. The molecule has 22 heavy (non-hydrogen) atoms. The van der Waals surface area contributed by atoms with Crippen LogP contribution in [0.2, 0.25) is 5.02 Å². The highest BCUT2D eigenvalue weighted by Gasteiger charge is 2.45. The van der Waals surface area contributed by atoms with Gasteiger partial charge in [-0.25, -0.2) is 4.98 Å². The molecule has 0 saturated carbocycles. The Morgan fingerprint density at radius 3 is 2.73 bits per heavy atom. The van der Waals surface area contributed by atoms with Gasteiger partial charge in [0.05, 0.1) is 13.2 Å². The van der Waals surface area contributed by atoms with Gasteiger partial charge in [-0.1, -0.05) is 11.6 Å². The van der Waals surface area contributed by atoms with Crippen molar-refractivity contribution in [3.63, 3.8) is 0 Å². The molecule has 0 atom stereocenters. The van der Waals surface area contributed by atoms with Crippen molar-refractivity contribution in [2.75, 3.05) is 31.2 Å². The van der Waals surface area contributed by atoms with Crippen molar-refractivity contribution in [1.82, 2.24) is 15.0 Å². The number of ether oxygens (including phenoxy) is 1. The van der Waals surface area contributed by atoms with Crippen LogP contribution in [0.1, 0.15) is 6.42 Å². The summed E-state index contributed by atoms with van der Waals surface area (Å²) in [7, 11) is 0. The molecule has 0 unspecified atom stereocenters. The van der Waals surface area contributed by atoms with Gasteiger partial charge >= 0.3 is 0 Å². The van der Waals surface area contributed by atoms with E-state index in [0.717, 1.165) is 38.3 Å². The van der Waals surface area contributed by atoms with Crippen LogP contribution in [0.15, 0.2) is 29.3 Å². The maximum Gasteiger partial charge on any atom is 0.272 e. The van der Waals surface area contributed by atoms with Gasteiger partial charge in [0, 0.05) is 36.5 Å². The van der Waals surface area contributed by atoms with E-state index in [0.29, 0.717) is 11.6 Å². The number of aromatic amines is 1. The molecule has 114 valence electrons. The molecule has 0 radical (unpaired) electrons. The molecule has 0 aliphatic carbocycles. The van der Waals surface area contributed by atoms with Crippen molar-refractivity contribution in [3.05, 3.63) is 39.9 Å². The minimum atomic E-state index is -0.315. The molecule has 1 N–H and O–H groups in total. The Balaban J connectivity index is 1.73. The smallest absolute Gasteiger partial charge is 0.272 e. The van der Waals surface area contributed by atoms with E-state index in [4.69, 9.17) is 16.3 Å². The third kappa shape index (κ3) is 2.19. The second-order valence-electron chi connectivity index (χ2n) is 5.95. The summed E-state index contributed by atoms with van der Waals surface area (Å²) in [6.07, 6.45) is 4.38. The molecule has 6 nitrogen and oxygen atoms in total. The summed E-state index contributed by atoms with van der Waals surface area (Å²) in [5.41, 5.74) is 0.708. The van der Waals surface area contributed by atoms with Gasteiger partial charge in [0.1, 0.15) is 10.8 Å². The second-order valence-corrected chi connectivity index (χ2v) is 6.33. The fraction of sp³-hybridized carbons (Fsp3) is 0.400. The average Bonchev–Trinajstić information content (AvgIpc) is 2.96. The van der Waals surface area contributed by atoms with Crippen molar-refractivity contribution >= 4 is 17.4 Å². The maximum atomic E-state index is 12.1. The molecule has 4 rings (SSSR count). The van der Waals surface area contributed by atoms with Crippen molar-refractivity contribution in [3.8, 4) is 11.4 Å². The summed E-state index contributed by atoms with van der Waals surface area (Å²) in [4.78, 5) is 25.5. The fourth-order valence-electron chi connectivity index (χ4n) is 3.05. The third-order valence-corrected chi connectivity index (χ3v) is 4.69. The number of hydrogen-bond acceptors (Lipinski definition) is 5. The monoisotopic (exact) mass is 318 g/mol. The van der Waals surface area contributed by atoms with Crippen LogP contribution in [-0.2, 0) is 4.74 Å². The Morgan fingerprint density at radius 1 is 1.32 bits per heavy atom. The van der Waals surface area contributed by atoms with Crippen molar-refractivity contribution in [1.29, 1.82) is 0 Å². The van der Waals surface area contributed by atoms with Gasteiger partial charge in [-0.15, -0.1) is 0 Å². The number of pyridine rings is 1. The molecule has 7 heteroatoms. The van der Waals surface area contributed by atoms with Crippen LogP contribution in [0.25, 0.3) is 11.4 Å². The van der Waals surface area contributed by atoms with E-state index in [9.17, 15) is 4.79 Å². The van der Waals surface area contributed by atoms with E-state index >= 15 is 0 Å². The van der Waals surface area contributed by atoms with Gasteiger partial charge in [0.2, 0.25) is 0 Å². The van der Waals surface area contributed by atoms with Gasteiger partial charge in [0.25, 0.3) is 5.56 Å². The molecule has 0 amide bonds. The minimum absolute atomic E-state index is 0.148. The summed E-state index contributed by atoms with van der Waals surface area (Å²) in [5, 5.41) is 0.148. The molecule has 0 bridgehead atoms. The fourth-order valence-corrected chi connectivity index (χ4v) is 3.25. The molecule has 2 aromatic heterocycles. The van der Waals surface area contributed by atoms with Gasteiger partial charge in [-0.2, -0.15) is 0 Å². The van der Waals surface area contributed by atoms with Crippen LogP contribution in [0.4, 0.5) is 5.82 Å². The van der Waals surface area contributed by atoms with E-state index in [1.807, 2.05) is 0 Å². The van der Waals surface area contributed by atoms with Crippen LogP contribution in [-0.4, -0.2) is 41.3 Å². The number of H-pyrrole nitrogens is 1. The molecule has 2 aromatic rings. The highest BCUT2D eigenvalue weighted by Crippen LogP contribution is 2.40. The highest BCUT2D eigenvalue weighted by atomic mass is 35.5. The van der Waals surface area contributed by atoms with Crippen molar-refractivity contribution in [2.45, 2.75) is 6.42 Å². The van der Waals surface area contributed by atoms with E-state index in [1.165, 1.54) is 0 Å². The first-order valence-corrected chi connectivity index (χ1v) is 7.58. The van der Waals surface area contributed by atoms with Crippen LogP contribution < -0.4 is 10.5 Å². The minimum Gasteiger partial charge on any atom is -0.380 e. The molecule has 2 aliphatic rings. The number of halogens is 1. The molecule has 1 spiro atoms. The summed E-state index contributed by atoms with van der Waals surface area (Å²) in [6, 6.07) is 3.61. The third-order valence-electron chi connectivity index (χ3n) is 4.35. The molecular weight excluding hydrogens is 304 g/mol. The summed E-state index contributed by atoms with van der Waals surface area (Å²) < 4.78 is 5.34. The maximum absolute atomic E-state index is 12.1. The SMILES string of the molecule is O=c1[nH]c(-c2ccncc2)nc(N2CCC3(COC3)C2)c1Cl. The summed E-state index contributed by atoms with van der Waals surface area (Å²) in [5.74, 6) is 1.07.